The van der Waals surface area contributed by atoms with Crippen molar-refractivity contribution in [2.45, 2.75) is 32.2 Å². The molecule has 2 aliphatic rings. The Morgan fingerprint density at radius 1 is 1.29 bits per heavy atom. The Hall–Kier alpha value is -1.79. The average molecular weight is 282 g/mol. The van der Waals surface area contributed by atoms with Gasteiger partial charge in [-0.2, -0.15) is 0 Å². The predicted molar refractivity (Wildman–Crippen MR) is 83.3 cm³/mol. The van der Waals surface area contributed by atoms with Gasteiger partial charge in [-0.1, -0.05) is 24.0 Å². The van der Waals surface area contributed by atoms with E-state index in [1.165, 1.54) is 6.42 Å². The second kappa shape index (κ2) is 5.91. The molecule has 1 amide bonds. The molecular weight excluding hydrogens is 260 g/mol. The number of carbonyl (C=O) groups excluding carboxylic acids is 1. The standard InChI is InChI=1S/C18H22N2O/c1-12(14-6-4-13(5-7-14)3-2-8-19)20-18(21)17-10-15-9-16(15)11-17/h4-7,12,15-17H,8-11,19H2,1H3,(H,20,21). The molecule has 1 aromatic rings. The number of amides is 1. The molecule has 0 bridgehead atoms. The third kappa shape index (κ3) is 3.28. The molecule has 3 N–H and O–H groups in total. The van der Waals surface area contributed by atoms with Crippen molar-refractivity contribution < 1.29 is 4.79 Å². The lowest BCUT2D eigenvalue weighted by Gasteiger charge is -2.18. The van der Waals surface area contributed by atoms with E-state index in [0.717, 1.165) is 35.8 Å². The highest BCUT2D eigenvalue weighted by molar-refractivity contribution is 5.79. The molecule has 2 aliphatic carbocycles. The fourth-order valence-corrected chi connectivity index (χ4v) is 3.35. The molecule has 2 saturated carbocycles. The minimum Gasteiger partial charge on any atom is -0.349 e. The number of carbonyl (C=O) groups is 1. The monoisotopic (exact) mass is 282 g/mol. The molecule has 3 heteroatoms. The van der Waals surface area contributed by atoms with Gasteiger partial charge in [0.15, 0.2) is 0 Å². The lowest BCUT2D eigenvalue weighted by atomic mass is 10.0. The van der Waals surface area contributed by atoms with Crippen molar-refractivity contribution >= 4 is 5.91 Å². The van der Waals surface area contributed by atoms with E-state index in [2.05, 4.69) is 17.2 Å². The lowest BCUT2D eigenvalue weighted by molar-refractivity contribution is -0.125. The van der Waals surface area contributed by atoms with Gasteiger partial charge in [0.1, 0.15) is 0 Å². The summed E-state index contributed by atoms with van der Waals surface area (Å²) in [6.07, 6.45) is 3.54. The summed E-state index contributed by atoms with van der Waals surface area (Å²) in [6, 6.07) is 8.05. The molecular formula is C18H22N2O. The summed E-state index contributed by atoms with van der Waals surface area (Å²) in [6.45, 7) is 2.41. The van der Waals surface area contributed by atoms with Crippen molar-refractivity contribution in [3.8, 4) is 11.8 Å². The van der Waals surface area contributed by atoms with Crippen LogP contribution in [-0.4, -0.2) is 12.5 Å². The highest BCUT2D eigenvalue weighted by Gasteiger charge is 2.48. The van der Waals surface area contributed by atoms with Crippen molar-refractivity contribution in [1.29, 1.82) is 0 Å². The van der Waals surface area contributed by atoms with Crippen LogP contribution in [0.2, 0.25) is 0 Å². The normalized spacial score (nSPS) is 27.2. The van der Waals surface area contributed by atoms with Crippen LogP contribution >= 0.6 is 0 Å². The minimum absolute atomic E-state index is 0.0472. The van der Waals surface area contributed by atoms with Crippen LogP contribution in [0, 0.1) is 29.6 Å². The minimum atomic E-state index is 0.0472. The number of hydrogen-bond donors (Lipinski definition) is 2. The van der Waals surface area contributed by atoms with E-state index in [4.69, 9.17) is 5.73 Å². The number of benzene rings is 1. The molecule has 3 rings (SSSR count). The summed E-state index contributed by atoms with van der Waals surface area (Å²) >= 11 is 0. The van der Waals surface area contributed by atoms with Crippen LogP contribution < -0.4 is 11.1 Å². The first-order valence-corrected chi connectivity index (χ1v) is 7.76. The van der Waals surface area contributed by atoms with Gasteiger partial charge in [0.25, 0.3) is 0 Å². The Bertz CT molecular complexity index is 571. The number of nitrogens with one attached hydrogen (secondary N) is 1. The van der Waals surface area contributed by atoms with E-state index < -0.39 is 0 Å². The summed E-state index contributed by atoms with van der Waals surface area (Å²) in [4.78, 5) is 12.3. The van der Waals surface area contributed by atoms with Gasteiger partial charge in [-0.15, -0.1) is 0 Å². The first-order valence-electron chi connectivity index (χ1n) is 7.76. The Morgan fingerprint density at radius 3 is 2.57 bits per heavy atom. The second-order valence-electron chi connectivity index (χ2n) is 6.28. The van der Waals surface area contributed by atoms with Gasteiger partial charge in [-0.3, -0.25) is 4.79 Å². The van der Waals surface area contributed by atoms with Crippen LogP contribution in [0.25, 0.3) is 0 Å². The third-order valence-corrected chi connectivity index (χ3v) is 4.72. The first kappa shape index (κ1) is 14.2. The maximum absolute atomic E-state index is 12.3. The van der Waals surface area contributed by atoms with Gasteiger partial charge in [-0.05, 0) is 55.7 Å². The summed E-state index contributed by atoms with van der Waals surface area (Å²) < 4.78 is 0. The summed E-state index contributed by atoms with van der Waals surface area (Å²) in [5.74, 6) is 8.00. The van der Waals surface area contributed by atoms with E-state index in [9.17, 15) is 4.79 Å². The van der Waals surface area contributed by atoms with Crippen LogP contribution in [0.4, 0.5) is 0 Å². The first-order chi connectivity index (χ1) is 10.2. The number of fused-ring (bicyclic) bond motifs is 1. The van der Waals surface area contributed by atoms with Gasteiger partial charge >= 0.3 is 0 Å². The van der Waals surface area contributed by atoms with Gasteiger partial charge < -0.3 is 11.1 Å². The highest BCUT2D eigenvalue weighted by Crippen LogP contribution is 2.54. The zero-order valence-electron chi connectivity index (χ0n) is 12.4. The van der Waals surface area contributed by atoms with E-state index in [0.29, 0.717) is 6.54 Å². The Balaban J connectivity index is 1.57. The van der Waals surface area contributed by atoms with E-state index >= 15 is 0 Å². The number of rotatable bonds is 3. The van der Waals surface area contributed by atoms with Crippen molar-refractivity contribution in [3.05, 3.63) is 35.4 Å². The maximum atomic E-state index is 12.3. The van der Waals surface area contributed by atoms with E-state index in [-0.39, 0.29) is 17.9 Å². The fraction of sp³-hybridized carbons (Fsp3) is 0.500. The smallest absolute Gasteiger partial charge is 0.223 e. The molecule has 2 fully saturated rings. The lowest BCUT2D eigenvalue weighted by Crippen LogP contribution is -2.32. The van der Waals surface area contributed by atoms with Gasteiger partial charge in [0, 0.05) is 11.5 Å². The molecule has 3 atom stereocenters. The average Bonchev–Trinajstić information content (AvgIpc) is 3.11. The molecule has 0 heterocycles. The summed E-state index contributed by atoms with van der Waals surface area (Å²) in [7, 11) is 0. The second-order valence-corrected chi connectivity index (χ2v) is 6.28. The molecule has 1 aromatic carbocycles. The zero-order chi connectivity index (χ0) is 14.8. The predicted octanol–water partition coefficient (Wildman–Crippen LogP) is 2.22. The molecule has 21 heavy (non-hydrogen) atoms. The molecule has 110 valence electrons. The molecule has 0 saturated heterocycles. The molecule has 3 unspecified atom stereocenters. The molecule has 3 nitrogen and oxygen atoms in total. The Labute approximate surface area is 126 Å². The van der Waals surface area contributed by atoms with Crippen molar-refractivity contribution in [2.24, 2.45) is 23.5 Å². The van der Waals surface area contributed by atoms with Gasteiger partial charge in [0.05, 0.1) is 12.6 Å². The Kier molecular flexibility index (Phi) is 3.98. The molecule has 0 spiro atoms. The Morgan fingerprint density at radius 2 is 1.95 bits per heavy atom. The van der Waals surface area contributed by atoms with Crippen molar-refractivity contribution in [1.82, 2.24) is 5.32 Å². The molecule has 0 aliphatic heterocycles. The molecule has 0 radical (unpaired) electrons. The largest absolute Gasteiger partial charge is 0.349 e. The van der Waals surface area contributed by atoms with Crippen LogP contribution in [0.3, 0.4) is 0 Å². The third-order valence-electron chi connectivity index (χ3n) is 4.72. The van der Waals surface area contributed by atoms with Crippen molar-refractivity contribution in [3.63, 3.8) is 0 Å². The van der Waals surface area contributed by atoms with Gasteiger partial charge in [-0.25, -0.2) is 0 Å². The SMILES string of the molecule is CC(NC(=O)C1CC2CC2C1)c1ccc(C#CCN)cc1. The zero-order valence-corrected chi connectivity index (χ0v) is 12.4. The quantitative estimate of drug-likeness (QED) is 0.835. The molecule has 0 aromatic heterocycles. The van der Waals surface area contributed by atoms with E-state index in [1.807, 2.05) is 31.2 Å². The highest BCUT2D eigenvalue weighted by atomic mass is 16.1. The van der Waals surface area contributed by atoms with Crippen LogP contribution in [0.15, 0.2) is 24.3 Å². The number of hydrogen-bond acceptors (Lipinski definition) is 2. The van der Waals surface area contributed by atoms with E-state index in [1.54, 1.807) is 0 Å². The summed E-state index contributed by atoms with van der Waals surface area (Å²) in [5, 5.41) is 3.15. The van der Waals surface area contributed by atoms with Crippen LogP contribution in [-0.2, 0) is 4.79 Å². The number of nitrogens with two attached hydrogens (primary N) is 1. The fourth-order valence-electron chi connectivity index (χ4n) is 3.35. The summed E-state index contributed by atoms with van der Waals surface area (Å²) in [5.41, 5.74) is 7.43. The maximum Gasteiger partial charge on any atom is 0.223 e. The van der Waals surface area contributed by atoms with Gasteiger partial charge in [0.2, 0.25) is 5.91 Å². The topological polar surface area (TPSA) is 55.1 Å². The van der Waals surface area contributed by atoms with Crippen molar-refractivity contribution in [2.75, 3.05) is 6.54 Å². The van der Waals surface area contributed by atoms with Crippen LogP contribution in [0.1, 0.15) is 43.4 Å². The van der Waals surface area contributed by atoms with Crippen LogP contribution in [0.5, 0.6) is 0 Å².